The smallest absolute Gasteiger partial charge is 0.223 e. The van der Waals surface area contributed by atoms with Crippen LogP contribution >= 0.6 is 0 Å². The van der Waals surface area contributed by atoms with E-state index in [1.54, 1.807) is 0 Å². The summed E-state index contributed by atoms with van der Waals surface area (Å²) in [6, 6.07) is 0. The highest BCUT2D eigenvalue weighted by Crippen LogP contribution is 2.33. The molecule has 32 heavy (non-hydrogen) atoms. The van der Waals surface area contributed by atoms with E-state index in [-0.39, 0.29) is 18.4 Å². The zero-order valence-corrected chi connectivity index (χ0v) is 18.2. The third-order valence-electron chi connectivity index (χ3n) is 6.31. The normalized spacial score (nSPS) is 45.6. The van der Waals surface area contributed by atoms with E-state index in [2.05, 4.69) is 13.8 Å². The van der Waals surface area contributed by atoms with Crippen molar-refractivity contribution < 1.29 is 54.8 Å². The molecule has 0 radical (unpaired) electrons. The lowest BCUT2D eigenvalue weighted by atomic mass is 9.95. The third kappa shape index (κ3) is 5.25. The molecular formula is C20H35NO11. The van der Waals surface area contributed by atoms with Crippen LogP contribution in [-0.4, -0.2) is 128 Å². The second kappa shape index (κ2) is 10.1. The van der Waals surface area contributed by atoms with E-state index in [0.717, 1.165) is 6.42 Å². The lowest BCUT2D eigenvalue weighted by Gasteiger charge is -2.47. The van der Waals surface area contributed by atoms with Gasteiger partial charge in [-0.1, -0.05) is 13.8 Å². The predicted octanol–water partition coefficient (Wildman–Crippen LogP) is -3.49. The lowest BCUT2D eigenvalue weighted by molar-refractivity contribution is -0.369. The largest absolute Gasteiger partial charge is 0.394 e. The van der Waals surface area contributed by atoms with Gasteiger partial charge in [-0.25, -0.2) is 0 Å². The molecule has 1 unspecified atom stereocenters. The highest BCUT2D eigenvalue weighted by molar-refractivity contribution is 5.78. The minimum absolute atomic E-state index is 0.124. The molecule has 3 saturated heterocycles. The molecule has 0 aromatic carbocycles. The van der Waals surface area contributed by atoms with Gasteiger partial charge >= 0.3 is 0 Å². The van der Waals surface area contributed by atoms with Gasteiger partial charge in [-0.15, -0.1) is 0 Å². The maximum absolute atomic E-state index is 12.4. The molecule has 3 rings (SSSR count). The van der Waals surface area contributed by atoms with E-state index in [1.807, 2.05) is 0 Å². The second-order valence-electron chi connectivity index (χ2n) is 9.44. The average molecular weight is 465 g/mol. The zero-order valence-electron chi connectivity index (χ0n) is 18.2. The molecule has 3 aliphatic rings. The van der Waals surface area contributed by atoms with Crippen LogP contribution in [0.3, 0.4) is 0 Å². The first-order valence-corrected chi connectivity index (χ1v) is 10.9. The number of nitrogens with zero attached hydrogens (tertiary/aromatic N) is 1. The standard InChI is InChI=1S/C20H35NO11/c1-9(2)3-10-4-13(24)21(5-10)8-20(29)18(28)17(11(23)7-30-20)32-19-16(27)15(26)14(25)12(6-22)31-19/h9-12,14-19,22-23,25-29H,3-8H2,1-2H3/t10-,11+,12+,14-,15-,16+,17+,18-,19-,20?/m0/s1. The van der Waals surface area contributed by atoms with Crippen LogP contribution in [0.15, 0.2) is 0 Å². The molecular weight excluding hydrogens is 430 g/mol. The van der Waals surface area contributed by atoms with E-state index in [1.165, 1.54) is 4.90 Å². The van der Waals surface area contributed by atoms with Crippen LogP contribution < -0.4 is 0 Å². The summed E-state index contributed by atoms with van der Waals surface area (Å²) in [4.78, 5) is 13.8. The van der Waals surface area contributed by atoms with Gasteiger partial charge in [0.05, 0.1) is 19.8 Å². The van der Waals surface area contributed by atoms with Crippen LogP contribution in [0.25, 0.3) is 0 Å². The molecule has 12 heteroatoms. The summed E-state index contributed by atoms with van der Waals surface area (Å²) in [6.07, 6.45) is -11.5. The van der Waals surface area contributed by atoms with Crippen molar-refractivity contribution >= 4 is 5.91 Å². The van der Waals surface area contributed by atoms with Gasteiger partial charge in [-0.3, -0.25) is 4.79 Å². The lowest BCUT2D eigenvalue weighted by Crippen LogP contribution is -2.67. The van der Waals surface area contributed by atoms with Crippen molar-refractivity contribution in [3.8, 4) is 0 Å². The molecule has 1 amide bonds. The Labute approximate surface area is 185 Å². The van der Waals surface area contributed by atoms with Gasteiger partial charge in [0, 0.05) is 13.0 Å². The minimum Gasteiger partial charge on any atom is -0.394 e. The molecule has 3 heterocycles. The monoisotopic (exact) mass is 465 g/mol. The van der Waals surface area contributed by atoms with E-state index < -0.39 is 68.0 Å². The van der Waals surface area contributed by atoms with E-state index in [4.69, 9.17) is 14.2 Å². The third-order valence-corrected chi connectivity index (χ3v) is 6.31. The van der Waals surface area contributed by atoms with Gasteiger partial charge in [0.25, 0.3) is 0 Å². The van der Waals surface area contributed by atoms with Gasteiger partial charge in [-0.05, 0) is 18.3 Å². The Morgan fingerprint density at radius 2 is 1.84 bits per heavy atom. The Morgan fingerprint density at radius 1 is 1.16 bits per heavy atom. The molecule has 186 valence electrons. The van der Waals surface area contributed by atoms with Gasteiger partial charge in [0.15, 0.2) is 6.29 Å². The number of carbonyl (C=O) groups is 1. The van der Waals surface area contributed by atoms with Gasteiger partial charge in [-0.2, -0.15) is 0 Å². The first-order chi connectivity index (χ1) is 15.0. The summed E-state index contributed by atoms with van der Waals surface area (Å²) >= 11 is 0. The summed E-state index contributed by atoms with van der Waals surface area (Å²) in [5.74, 6) is -1.91. The fourth-order valence-electron chi connectivity index (χ4n) is 4.62. The SMILES string of the molecule is CC(C)C[C@H]1CC(=O)N(CC2(O)OC[C@@H](O)[C@@H](O[C@@H]3O[C@H](CO)[C@H](O)[C@H](O)[C@H]3O)[C@@H]2O)C1. The Hall–Kier alpha value is -0.930. The van der Waals surface area contributed by atoms with Crippen molar-refractivity contribution in [1.82, 2.24) is 4.90 Å². The van der Waals surface area contributed by atoms with E-state index >= 15 is 0 Å². The number of rotatable bonds is 7. The molecule has 12 nitrogen and oxygen atoms in total. The Balaban J connectivity index is 1.69. The summed E-state index contributed by atoms with van der Waals surface area (Å²) in [5.41, 5.74) is 0. The van der Waals surface area contributed by atoms with Crippen LogP contribution in [0.1, 0.15) is 26.7 Å². The van der Waals surface area contributed by atoms with Crippen molar-refractivity contribution in [2.24, 2.45) is 11.8 Å². The van der Waals surface area contributed by atoms with Crippen LogP contribution in [0.2, 0.25) is 0 Å². The minimum atomic E-state index is -2.25. The summed E-state index contributed by atoms with van der Waals surface area (Å²) in [7, 11) is 0. The number of likely N-dealkylation sites (tertiary alicyclic amines) is 1. The number of aliphatic hydroxyl groups is 7. The topological polar surface area (TPSA) is 190 Å². The van der Waals surface area contributed by atoms with Crippen LogP contribution in [-0.2, 0) is 19.0 Å². The number of amides is 1. The Kier molecular flexibility index (Phi) is 8.14. The van der Waals surface area contributed by atoms with E-state index in [0.29, 0.717) is 18.9 Å². The fourth-order valence-corrected chi connectivity index (χ4v) is 4.62. The highest BCUT2D eigenvalue weighted by atomic mass is 16.7. The van der Waals surface area contributed by atoms with Gasteiger partial charge < -0.3 is 54.9 Å². The second-order valence-corrected chi connectivity index (χ2v) is 9.44. The number of hydrogen-bond donors (Lipinski definition) is 7. The zero-order chi connectivity index (χ0) is 23.8. The number of β-amino-alcohol motifs (C(OH)–C–C–N with tert-alkyl or cyclic N) is 1. The Morgan fingerprint density at radius 3 is 2.47 bits per heavy atom. The molecule has 10 atom stereocenters. The van der Waals surface area contributed by atoms with Gasteiger partial charge in [0.1, 0.15) is 42.7 Å². The van der Waals surface area contributed by atoms with Crippen molar-refractivity contribution in [3.63, 3.8) is 0 Å². The predicted molar refractivity (Wildman–Crippen MR) is 106 cm³/mol. The van der Waals surface area contributed by atoms with E-state index in [9.17, 15) is 40.5 Å². The maximum Gasteiger partial charge on any atom is 0.223 e. The molecule has 0 aromatic heterocycles. The van der Waals surface area contributed by atoms with Gasteiger partial charge in [0.2, 0.25) is 11.7 Å². The molecule has 0 saturated carbocycles. The number of hydrogen-bond acceptors (Lipinski definition) is 11. The van der Waals surface area contributed by atoms with Crippen LogP contribution in [0.4, 0.5) is 0 Å². The molecule has 0 bridgehead atoms. The highest BCUT2D eigenvalue weighted by Gasteiger charge is 2.54. The molecule has 3 aliphatic heterocycles. The average Bonchev–Trinajstić information content (AvgIpc) is 3.06. The number of ether oxygens (including phenoxy) is 3. The van der Waals surface area contributed by atoms with Crippen LogP contribution in [0.5, 0.6) is 0 Å². The summed E-state index contributed by atoms with van der Waals surface area (Å²) in [5, 5.41) is 71.3. The molecule has 3 fully saturated rings. The molecule has 7 N–H and O–H groups in total. The van der Waals surface area contributed by atoms with Crippen molar-refractivity contribution in [2.45, 2.75) is 81.5 Å². The van der Waals surface area contributed by atoms with Crippen molar-refractivity contribution in [3.05, 3.63) is 0 Å². The quantitative estimate of drug-likeness (QED) is 0.198. The maximum atomic E-state index is 12.4. The molecule has 0 aliphatic carbocycles. The summed E-state index contributed by atoms with van der Waals surface area (Å²) < 4.78 is 16.0. The number of carbonyl (C=O) groups excluding carboxylic acids is 1. The van der Waals surface area contributed by atoms with Crippen LogP contribution in [0, 0.1) is 11.8 Å². The number of aliphatic hydroxyl groups excluding tert-OH is 6. The van der Waals surface area contributed by atoms with Crippen molar-refractivity contribution in [2.75, 3.05) is 26.3 Å². The molecule has 0 spiro atoms. The summed E-state index contributed by atoms with van der Waals surface area (Å²) in [6.45, 7) is 3.04. The van der Waals surface area contributed by atoms with Crippen molar-refractivity contribution in [1.29, 1.82) is 0 Å². The first-order valence-electron chi connectivity index (χ1n) is 10.9. The molecule has 0 aromatic rings. The fraction of sp³-hybridized carbons (Fsp3) is 0.950. The Bertz CT molecular complexity index is 649. The first kappa shape index (κ1) is 25.7.